The highest BCUT2D eigenvalue weighted by Crippen LogP contribution is 2.19. The van der Waals surface area contributed by atoms with Crippen LogP contribution in [0.1, 0.15) is 92.4 Å². The van der Waals surface area contributed by atoms with Crippen LogP contribution in [0.2, 0.25) is 0 Å². The Morgan fingerprint density at radius 1 is 0.783 bits per heavy atom. The highest BCUT2D eigenvalue weighted by molar-refractivity contribution is 5.74. The number of pyridine rings is 2. The maximum Gasteiger partial charge on any atom is 0.329 e. The number of rotatable bonds is 15. The number of nitrogens with zero attached hydrogens (tertiary/aromatic N) is 3. The van der Waals surface area contributed by atoms with Gasteiger partial charge in [0.25, 0.3) is 11.1 Å². The first kappa shape index (κ1) is 47.1. The second kappa shape index (κ2) is 25.9. The molecule has 0 fully saturated rings. The molecule has 2 unspecified atom stereocenters. The van der Waals surface area contributed by atoms with E-state index >= 15 is 0 Å². The third-order valence-corrected chi connectivity index (χ3v) is 6.53. The number of carbonyl (C=O) groups excluding carboxylic acids is 2. The smallest absolute Gasteiger partial charge is 0.329 e. The van der Waals surface area contributed by atoms with E-state index in [9.17, 15) is 19.2 Å². The molecular formula is C35H64N4O7. The summed E-state index contributed by atoms with van der Waals surface area (Å²) in [6, 6.07) is 6.08. The number of hydrogen-bond acceptors (Lipinski definition) is 9. The Balaban J connectivity index is -0.000000735. The number of carbonyl (C=O) groups is 2. The van der Waals surface area contributed by atoms with Crippen molar-refractivity contribution in [3.05, 3.63) is 68.5 Å². The standard InChI is InChI=1S/C17H28N2O3.C15H24N2O3.CH4O.2CH4/c1-6-22-17(21)15(12-13(2)3)19-10-7-8-14(16(19)20)9-11-18(4)5;1-4-20-15(19)13(10-11(2)3)17-9-5-6-12(7-8-16)14(17)18;1-2;;/h7-8,10,13,15H,6,9,11-12H2,1-5H3;5-6,9,11,13H,4,7-8,10,16H2,1-3H3;2H,1H3;2*1H4. The molecule has 0 aliphatic rings. The second-order valence-electron chi connectivity index (χ2n) is 11.4. The maximum atomic E-state index is 12.6. The van der Waals surface area contributed by atoms with Crippen LogP contribution < -0.4 is 16.9 Å². The molecular weight excluding hydrogens is 588 g/mol. The molecule has 46 heavy (non-hydrogen) atoms. The van der Waals surface area contributed by atoms with Gasteiger partial charge < -0.3 is 34.3 Å². The molecule has 0 saturated carbocycles. The zero-order chi connectivity index (χ0) is 33.8. The van der Waals surface area contributed by atoms with E-state index in [-0.39, 0.29) is 43.8 Å². The molecule has 0 saturated heterocycles. The summed E-state index contributed by atoms with van der Waals surface area (Å²) in [6.45, 7) is 13.5. The molecule has 2 atom stereocenters. The lowest BCUT2D eigenvalue weighted by Gasteiger charge is -2.21. The Hall–Kier alpha value is -3.28. The first-order valence-electron chi connectivity index (χ1n) is 15.4. The molecule has 0 amide bonds. The average molecular weight is 653 g/mol. The van der Waals surface area contributed by atoms with Crippen LogP contribution in [-0.2, 0) is 31.9 Å². The fraction of sp³-hybridized carbons (Fsp3) is 0.657. The summed E-state index contributed by atoms with van der Waals surface area (Å²) in [6.07, 6.45) is 5.68. The van der Waals surface area contributed by atoms with Crippen molar-refractivity contribution < 1.29 is 24.2 Å². The minimum Gasteiger partial charge on any atom is -0.464 e. The van der Waals surface area contributed by atoms with Gasteiger partial charge in [-0.25, -0.2) is 9.59 Å². The van der Waals surface area contributed by atoms with Crippen molar-refractivity contribution >= 4 is 11.9 Å². The lowest BCUT2D eigenvalue weighted by Crippen LogP contribution is -2.34. The van der Waals surface area contributed by atoms with Gasteiger partial charge in [-0.3, -0.25) is 9.59 Å². The molecule has 2 aromatic rings. The highest BCUT2D eigenvalue weighted by Gasteiger charge is 2.25. The average Bonchev–Trinajstić information content (AvgIpc) is 2.97. The minimum atomic E-state index is -0.569. The van der Waals surface area contributed by atoms with Crippen molar-refractivity contribution in [2.45, 2.75) is 94.2 Å². The topological polar surface area (TPSA) is 146 Å². The zero-order valence-corrected chi connectivity index (χ0v) is 28.2. The molecule has 11 nitrogen and oxygen atoms in total. The molecule has 2 rings (SSSR count). The van der Waals surface area contributed by atoms with Gasteiger partial charge in [-0.1, -0.05) is 54.7 Å². The molecule has 2 aromatic heterocycles. The van der Waals surface area contributed by atoms with E-state index in [4.69, 9.17) is 20.3 Å². The monoisotopic (exact) mass is 652 g/mol. The number of esters is 2. The van der Waals surface area contributed by atoms with Crippen molar-refractivity contribution in [2.75, 3.05) is 47.5 Å². The molecule has 266 valence electrons. The Kier molecular flexibility index (Phi) is 26.5. The summed E-state index contributed by atoms with van der Waals surface area (Å²) < 4.78 is 13.2. The minimum absolute atomic E-state index is 0. The van der Waals surface area contributed by atoms with Crippen molar-refractivity contribution in [3.63, 3.8) is 0 Å². The Labute approximate surface area is 277 Å². The number of nitrogens with two attached hydrogens (primary N) is 1. The summed E-state index contributed by atoms with van der Waals surface area (Å²) in [5.74, 6) is -0.0996. The summed E-state index contributed by atoms with van der Waals surface area (Å²) in [7, 11) is 4.95. The molecule has 2 heterocycles. The van der Waals surface area contributed by atoms with E-state index in [1.54, 1.807) is 38.4 Å². The van der Waals surface area contributed by atoms with Gasteiger partial charge in [-0.15, -0.1) is 0 Å². The van der Waals surface area contributed by atoms with Crippen molar-refractivity contribution in [1.82, 2.24) is 14.0 Å². The fourth-order valence-electron chi connectivity index (χ4n) is 4.50. The fourth-order valence-corrected chi connectivity index (χ4v) is 4.50. The number of aliphatic hydroxyl groups is 1. The summed E-state index contributed by atoms with van der Waals surface area (Å²) in [5, 5.41) is 7.00. The van der Waals surface area contributed by atoms with E-state index in [1.807, 2.05) is 58.8 Å². The van der Waals surface area contributed by atoms with Crippen LogP contribution in [0.4, 0.5) is 0 Å². The van der Waals surface area contributed by atoms with Gasteiger partial charge in [0.15, 0.2) is 0 Å². The van der Waals surface area contributed by atoms with Crippen LogP contribution in [0.3, 0.4) is 0 Å². The van der Waals surface area contributed by atoms with Gasteiger partial charge in [-0.05, 0) is 84.1 Å². The van der Waals surface area contributed by atoms with E-state index in [0.29, 0.717) is 56.9 Å². The van der Waals surface area contributed by atoms with Crippen LogP contribution in [0.5, 0.6) is 0 Å². The number of hydrogen-bond donors (Lipinski definition) is 2. The lowest BCUT2D eigenvalue weighted by molar-refractivity contribution is -0.148. The van der Waals surface area contributed by atoms with Gasteiger partial charge in [0.05, 0.1) is 13.2 Å². The first-order chi connectivity index (χ1) is 20.9. The van der Waals surface area contributed by atoms with Crippen molar-refractivity contribution in [2.24, 2.45) is 17.6 Å². The third-order valence-electron chi connectivity index (χ3n) is 6.53. The summed E-state index contributed by atoms with van der Waals surface area (Å²) in [5.41, 5.74) is 6.62. The van der Waals surface area contributed by atoms with Crippen molar-refractivity contribution in [3.8, 4) is 0 Å². The molecule has 3 N–H and O–H groups in total. The van der Waals surface area contributed by atoms with E-state index < -0.39 is 12.1 Å². The van der Waals surface area contributed by atoms with E-state index in [1.165, 1.54) is 9.13 Å². The Morgan fingerprint density at radius 3 is 1.46 bits per heavy atom. The number of aromatic nitrogens is 2. The third kappa shape index (κ3) is 16.3. The first-order valence-corrected chi connectivity index (χ1v) is 15.4. The van der Waals surface area contributed by atoms with E-state index in [2.05, 4.69) is 0 Å². The SMILES string of the molecule is C.C.CCOC(=O)C(CC(C)C)n1cccc(CCN(C)C)c1=O.CCOC(=O)C(CC(C)C)n1cccc(CCN)c1=O.CO. The highest BCUT2D eigenvalue weighted by atomic mass is 16.5. The number of aliphatic hydroxyl groups excluding tert-OH is 1. The van der Waals surface area contributed by atoms with Crippen LogP contribution in [-0.4, -0.2) is 78.6 Å². The Bertz CT molecular complexity index is 1220. The summed E-state index contributed by atoms with van der Waals surface area (Å²) >= 11 is 0. The molecule has 11 heteroatoms. The lowest BCUT2D eigenvalue weighted by atomic mass is 10.0. The largest absolute Gasteiger partial charge is 0.464 e. The van der Waals surface area contributed by atoms with Gasteiger partial charge in [-0.2, -0.15) is 0 Å². The second-order valence-corrected chi connectivity index (χ2v) is 11.4. The molecule has 0 bridgehead atoms. The normalized spacial score (nSPS) is 11.6. The predicted octanol–water partition coefficient (Wildman–Crippen LogP) is 4.48. The summed E-state index contributed by atoms with van der Waals surface area (Å²) in [4.78, 5) is 51.4. The van der Waals surface area contributed by atoms with Crippen molar-refractivity contribution in [1.29, 1.82) is 0 Å². The van der Waals surface area contributed by atoms with Gasteiger partial charge in [0.1, 0.15) is 12.1 Å². The van der Waals surface area contributed by atoms with E-state index in [0.717, 1.165) is 19.2 Å². The molecule has 0 spiro atoms. The molecule has 0 radical (unpaired) electrons. The van der Waals surface area contributed by atoms with Crippen LogP contribution in [0, 0.1) is 11.8 Å². The van der Waals surface area contributed by atoms with Crippen LogP contribution >= 0.6 is 0 Å². The molecule has 0 aromatic carbocycles. The zero-order valence-electron chi connectivity index (χ0n) is 28.2. The Morgan fingerprint density at radius 2 is 1.15 bits per heavy atom. The molecule has 0 aliphatic carbocycles. The number of ether oxygens (including phenoxy) is 2. The molecule has 0 aliphatic heterocycles. The van der Waals surface area contributed by atoms with Gasteiger partial charge in [0, 0.05) is 37.2 Å². The number of likely N-dealkylation sites (N-methyl/N-ethyl adjacent to an activating group) is 1. The quantitative estimate of drug-likeness (QED) is 0.266. The van der Waals surface area contributed by atoms with Crippen LogP contribution in [0.15, 0.2) is 46.2 Å². The van der Waals surface area contributed by atoms with Crippen LogP contribution in [0.25, 0.3) is 0 Å². The van der Waals surface area contributed by atoms with Gasteiger partial charge in [0.2, 0.25) is 0 Å². The van der Waals surface area contributed by atoms with Gasteiger partial charge >= 0.3 is 11.9 Å². The maximum absolute atomic E-state index is 12.6. The predicted molar refractivity (Wildman–Crippen MR) is 188 cm³/mol.